The number of hydrogen-bond acceptors (Lipinski definition) is 3. The first-order chi connectivity index (χ1) is 9.42. The summed E-state index contributed by atoms with van der Waals surface area (Å²) in [6, 6.07) is 8.17. The average molecular weight is 276 g/mol. The molecule has 0 bridgehead atoms. The van der Waals surface area contributed by atoms with Gasteiger partial charge in [-0.15, -0.1) is 0 Å². The minimum absolute atomic E-state index is 0.0876. The third-order valence-electron chi connectivity index (χ3n) is 3.51. The van der Waals surface area contributed by atoms with Crippen molar-refractivity contribution in [2.75, 3.05) is 6.54 Å². The molecule has 20 heavy (non-hydrogen) atoms. The second-order valence-electron chi connectivity index (χ2n) is 6.23. The van der Waals surface area contributed by atoms with Gasteiger partial charge in [0, 0.05) is 13.1 Å². The molecule has 1 aliphatic heterocycles. The molecule has 2 N–H and O–H groups in total. The zero-order chi connectivity index (χ0) is 14.8. The van der Waals surface area contributed by atoms with E-state index in [9.17, 15) is 4.79 Å². The Kier molecular flexibility index (Phi) is 4.33. The molecule has 1 aromatic rings. The van der Waals surface area contributed by atoms with Crippen molar-refractivity contribution in [1.29, 1.82) is 0 Å². The number of likely N-dealkylation sites (tertiary alicyclic amines) is 1. The first-order valence-corrected chi connectivity index (χ1v) is 7.20. The van der Waals surface area contributed by atoms with Crippen molar-refractivity contribution in [3.63, 3.8) is 0 Å². The fourth-order valence-electron chi connectivity index (χ4n) is 2.67. The van der Waals surface area contributed by atoms with E-state index in [-0.39, 0.29) is 12.1 Å². The smallest absolute Gasteiger partial charge is 0.410 e. The van der Waals surface area contributed by atoms with Gasteiger partial charge in [-0.1, -0.05) is 24.3 Å². The molecule has 1 amide bonds. The summed E-state index contributed by atoms with van der Waals surface area (Å²) in [7, 11) is 0. The standard InChI is InChI=1S/C16H24N2O2/c1-16(2,3)20-15(19)18-10-6-9-14(18)13-8-5-4-7-12(13)11-17/h4-5,7-8,14H,6,9-11,17H2,1-3H3. The Hall–Kier alpha value is -1.55. The lowest BCUT2D eigenvalue weighted by atomic mass is 9.98. The predicted octanol–water partition coefficient (Wildman–Crippen LogP) is 3.22. The van der Waals surface area contributed by atoms with Crippen LogP contribution in [-0.4, -0.2) is 23.1 Å². The monoisotopic (exact) mass is 276 g/mol. The summed E-state index contributed by atoms with van der Waals surface area (Å²) in [5.74, 6) is 0. The minimum atomic E-state index is -0.461. The van der Waals surface area contributed by atoms with Crippen molar-refractivity contribution in [3.8, 4) is 0 Å². The number of carbonyl (C=O) groups is 1. The molecule has 1 heterocycles. The molecule has 0 saturated carbocycles. The van der Waals surface area contributed by atoms with Gasteiger partial charge in [0.1, 0.15) is 5.60 Å². The Morgan fingerprint density at radius 2 is 2.10 bits per heavy atom. The molecule has 4 nitrogen and oxygen atoms in total. The van der Waals surface area contributed by atoms with E-state index in [1.54, 1.807) is 0 Å². The van der Waals surface area contributed by atoms with E-state index in [4.69, 9.17) is 10.5 Å². The molecule has 0 aromatic heterocycles. The summed E-state index contributed by atoms with van der Waals surface area (Å²) in [6.07, 6.45) is 1.74. The molecular weight excluding hydrogens is 252 g/mol. The van der Waals surface area contributed by atoms with Crippen LogP contribution in [-0.2, 0) is 11.3 Å². The Morgan fingerprint density at radius 3 is 2.75 bits per heavy atom. The van der Waals surface area contributed by atoms with E-state index < -0.39 is 5.60 Å². The number of benzene rings is 1. The zero-order valence-corrected chi connectivity index (χ0v) is 12.6. The maximum atomic E-state index is 12.3. The highest BCUT2D eigenvalue weighted by Crippen LogP contribution is 2.34. The lowest BCUT2D eigenvalue weighted by Gasteiger charge is -2.29. The molecule has 2 rings (SSSR count). The maximum absolute atomic E-state index is 12.3. The summed E-state index contributed by atoms with van der Waals surface area (Å²) in [5.41, 5.74) is 7.60. The van der Waals surface area contributed by atoms with Crippen molar-refractivity contribution < 1.29 is 9.53 Å². The van der Waals surface area contributed by atoms with Crippen LogP contribution in [0.15, 0.2) is 24.3 Å². The van der Waals surface area contributed by atoms with Gasteiger partial charge in [0.05, 0.1) is 6.04 Å². The molecule has 4 heteroatoms. The third-order valence-corrected chi connectivity index (χ3v) is 3.51. The predicted molar refractivity (Wildman–Crippen MR) is 79.2 cm³/mol. The normalized spacial score (nSPS) is 19.2. The molecule has 1 aliphatic rings. The van der Waals surface area contributed by atoms with E-state index in [0.717, 1.165) is 30.5 Å². The SMILES string of the molecule is CC(C)(C)OC(=O)N1CCCC1c1ccccc1CN. The Bertz CT molecular complexity index is 480. The van der Waals surface area contributed by atoms with Crippen molar-refractivity contribution in [1.82, 2.24) is 4.90 Å². The van der Waals surface area contributed by atoms with Crippen LogP contribution in [0.25, 0.3) is 0 Å². The van der Waals surface area contributed by atoms with Gasteiger partial charge in [-0.25, -0.2) is 4.79 Å². The number of nitrogens with two attached hydrogens (primary N) is 1. The fourth-order valence-corrected chi connectivity index (χ4v) is 2.67. The summed E-state index contributed by atoms with van der Waals surface area (Å²) in [6.45, 7) is 6.92. The van der Waals surface area contributed by atoms with Gasteiger partial charge in [-0.2, -0.15) is 0 Å². The van der Waals surface area contributed by atoms with Gasteiger partial charge in [-0.05, 0) is 44.7 Å². The molecule has 0 aliphatic carbocycles. The second kappa shape index (κ2) is 5.83. The average Bonchev–Trinajstić information content (AvgIpc) is 2.85. The number of amides is 1. The van der Waals surface area contributed by atoms with Crippen LogP contribution in [0.4, 0.5) is 4.79 Å². The van der Waals surface area contributed by atoms with E-state index in [1.807, 2.05) is 43.9 Å². The van der Waals surface area contributed by atoms with Crippen LogP contribution < -0.4 is 5.73 Å². The molecule has 1 unspecified atom stereocenters. The highest BCUT2D eigenvalue weighted by atomic mass is 16.6. The topological polar surface area (TPSA) is 55.6 Å². The molecule has 0 radical (unpaired) electrons. The van der Waals surface area contributed by atoms with Gasteiger partial charge in [0.15, 0.2) is 0 Å². The Morgan fingerprint density at radius 1 is 1.40 bits per heavy atom. The number of carbonyl (C=O) groups excluding carboxylic acids is 1. The Balaban J connectivity index is 2.21. The van der Waals surface area contributed by atoms with E-state index in [0.29, 0.717) is 6.54 Å². The summed E-state index contributed by atoms with van der Waals surface area (Å²) in [5, 5.41) is 0. The lowest BCUT2D eigenvalue weighted by Crippen LogP contribution is -2.36. The Labute approximate surface area is 120 Å². The van der Waals surface area contributed by atoms with Crippen molar-refractivity contribution in [2.45, 2.75) is 51.8 Å². The first kappa shape index (κ1) is 14.9. The van der Waals surface area contributed by atoms with E-state index in [1.165, 1.54) is 0 Å². The van der Waals surface area contributed by atoms with Gasteiger partial charge >= 0.3 is 6.09 Å². The molecule has 1 fully saturated rings. The summed E-state index contributed by atoms with van der Waals surface area (Å²) < 4.78 is 5.50. The third kappa shape index (κ3) is 3.31. The quantitative estimate of drug-likeness (QED) is 0.902. The van der Waals surface area contributed by atoms with Gasteiger partial charge in [0.2, 0.25) is 0 Å². The zero-order valence-electron chi connectivity index (χ0n) is 12.6. The largest absolute Gasteiger partial charge is 0.444 e. The number of nitrogens with zero attached hydrogens (tertiary/aromatic N) is 1. The molecule has 1 saturated heterocycles. The summed E-state index contributed by atoms with van der Waals surface area (Å²) >= 11 is 0. The highest BCUT2D eigenvalue weighted by molar-refractivity contribution is 5.69. The first-order valence-electron chi connectivity index (χ1n) is 7.20. The number of rotatable bonds is 2. The molecule has 1 aromatic carbocycles. The lowest BCUT2D eigenvalue weighted by molar-refractivity contribution is 0.0224. The van der Waals surface area contributed by atoms with Crippen molar-refractivity contribution in [3.05, 3.63) is 35.4 Å². The van der Waals surface area contributed by atoms with Gasteiger partial charge in [-0.3, -0.25) is 0 Å². The van der Waals surface area contributed by atoms with Crippen LogP contribution in [0.2, 0.25) is 0 Å². The molecule has 1 atom stereocenters. The number of ether oxygens (including phenoxy) is 1. The van der Waals surface area contributed by atoms with Crippen molar-refractivity contribution in [2.24, 2.45) is 5.73 Å². The second-order valence-corrected chi connectivity index (χ2v) is 6.23. The van der Waals surface area contributed by atoms with E-state index in [2.05, 4.69) is 6.07 Å². The minimum Gasteiger partial charge on any atom is -0.444 e. The van der Waals surface area contributed by atoms with Crippen LogP contribution >= 0.6 is 0 Å². The summed E-state index contributed by atoms with van der Waals surface area (Å²) in [4.78, 5) is 14.1. The van der Waals surface area contributed by atoms with Gasteiger partial charge < -0.3 is 15.4 Å². The molecular formula is C16H24N2O2. The van der Waals surface area contributed by atoms with Crippen LogP contribution in [0.5, 0.6) is 0 Å². The van der Waals surface area contributed by atoms with Crippen LogP contribution in [0.1, 0.15) is 50.8 Å². The molecule has 0 spiro atoms. The van der Waals surface area contributed by atoms with Crippen LogP contribution in [0, 0.1) is 0 Å². The van der Waals surface area contributed by atoms with Crippen molar-refractivity contribution >= 4 is 6.09 Å². The number of hydrogen-bond donors (Lipinski definition) is 1. The van der Waals surface area contributed by atoms with Gasteiger partial charge in [0.25, 0.3) is 0 Å². The fraction of sp³-hybridized carbons (Fsp3) is 0.562. The maximum Gasteiger partial charge on any atom is 0.410 e. The highest BCUT2D eigenvalue weighted by Gasteiger charge is 2.33. The van der Waals surface area contributed by atoms with E-state index >= 15 is 0 Å². The van der Waals surface area contributed by atoms with Crippen LogP contribution in [0.3, 0.4) is 0 Å². The molecule has 110 valence electrons.